The number of hydrogen-bond donors (Lipinski definition) is 1. The molecule has 2 heterocycles. The average molecular weight is 383 g/mol. The highest BCUT2D eigenvalue weighted by molar-refractivity contribution is 7.10. The summed E-state index contributed by atoms with van der Waals surface area (Å²) in [7, 11) is 0. The van der Waals surface area contributed by atoms with Crippen molar-refractivity contribution in [2.75, 3.05) is 26.2 Å². The first-order valence-electron chi connectivity index (χ1n) is 8.12. The van der Waals surface area contributed by atoms with E-state index in [1.165, 1.54) is 17.7 Å². The van der Waals surface area contributed by atoms with E-state index >= 15 is 0 Å². The van der Waals surface area contributed by atoms with Crippen molar-refractivity contribution < 1.29 is 4.79 Å². The zero-order chi connectivity index (χ0) is 16.9. The molecule has 0 bridgehead atoms. The largest absolute Gasteiger partial charge is 0.351 e. The molecule has 1 fully saturated rings. The molecule has 0 atom stereocenters. The molecule has 0 saturated carbocycles. The lowest BCUT2D eigenvalue weighted by atomic mass is 9.95. The molecule has 0 spiro atoms. The van der Waals surface area contributed by atoms with Crippen LogP contribution in [0.15, 0.2) is 35.7 Å². The maximum atomic E-state index is 12.2. The summed E-state index contributed by atoms with van der Waals surface area (Å²) in [6, 6.07) is 9.29. The van der Waals surface area contributed by atoms with Crippen LogP contribution in [0, 0.1) is 0 Å². The maximum Gasteiger partial charge on any atom is 0.252 e. The summed E-state index contributed by atoms with van der Waals surface area (Å²) in [5, 5.41) is 6.01. The summed E-state index contributed by atoms with van der Waals surface area (Å²) < 4.78 is 0. The minimum atomic E-state index is -0.148. The lowest BCUT2D eigenvalue weighted by Gasteiger charge is -2.31. The van der Waals surface area contributed by atoms with E-state index in [9.17, 15) is 4.79 Å². The molecule has 0 aliphatic carbocycles. The Morgan fingerprint density at radius 1 is 1.25 bits per heavy atom. The van der Waals surface area contributed by atoms with Crippen LogP contribution in [0.25, 0.3) is 0 Å². The first-order chi connectivity index (χ1) is 11.6. The van der Waals surface area contributed by atoms with Crippen molar-refractivity contribution in [2.45, 2.75) is 18.8 Å². The van der Waals surface area contributed by atoms with Gasteiger partial charge < -0.3 is 10.2 Å². The molecule has 0 radical (unpaired) electrons. The van der Waals surface area contributed by atoms with E-state index in [0.717, 1.165) is 19.6 Å². The van der Waals surface area contributed by atoms with Crippen LogP contribution in [0.5, 0.6) is 0 Å². The summed E-state index contributed by atoms with van der Waals surface area (Å²) in [6.07, 6.45) is 2.38. The number of nitrogens with one attached hydrogen (secondary N) is 1. The smallest absolute Gasteiger partial charge is 0.252 e. The zero-order valence-corrected chi connectivity index (χ0v) is 15.6. The van der Waals surface area contributed by atoms with Gasteiger partial charge in [-0.1, -0.05) is 29.3 Å². The molecular weight excluding hydrogens is 363 g/mol. The molecule has 0 unspecified atom stereocenters. The van der Waals surface area contributed by atoms with E-state index in [-0.39, 0.29) is 5.91 Å². The number of likely N-dealkylation sites (tertiary alicyclic amines) is 1. The number of hydrogen-bond acceptors (Lipinski definition) is 3. The molecule has 24 heavy (non-hydrogen) atoms. The Labute approximate surface area is 156 Å². The van der Waals surface area contributed by atoms with Crippen molar-refractivity contribution in [3.8, 4) is 0 Å². The third-order valence-corrected chi connectivity index (χ3v) is 6.01. The summed E-state index contributed by atoms with van der Waals surface area (Å²) >= 11 is 13.8. The number of carbonyl (C=O) groups excluding carboxylic acids is 1. The molecule has 6 heteroatoms. The fourth-order valence-corrected chi connectivity index (χ4v) is 4.45. The van der Waals surface area contributed by atoms with Crippen LogP contribution in [-0.2, 0) is 0 Å². The van der Waals surface area contributed by atoms with E-state index in [2.05, 4.69) is 27.7 Å². The zero-order valence-electron chi connectivity index (χ0n) is 13.3. The number of rotatable bonds is 5. The summed E-state index contributed by atoms with van der Waals surface area (Å²) in [4.78, 5) is 16.1. The fourth-order valence-electron chi connectivity index (χ4n) is 3.06. The Balaban J connectivity index is 1.41. The Morgan fingerprint density at radius 2 is 2.04 bits per heavy atom. The van der Waals surface area contributed by atoms with Crippen molar-refractivity contribution >= 4 is 40.4 Å². The molecule has 3 rings (SSSR count). The third-order valence-electron chi connectivity index (χ3n) is 4.42. The Bertz CT molecular complexity index is 682. The molecule has 1 aliphatic heterocycles. The second-order valence-corrected chi connectivity index (χ2v) is 7.83. The summed E-state index contributed by atoms with van der Waals surface area (Å²) in [6.45, 7) is 3.66. The van der Waals surface area contributed by atoms with E-state index in [0.29, 0.717) is 28.1 Å². The van der Waals surface area contributed by atoms with Crippen LogP contribution in [0.2, 0.25) is 10.0 Å². The van der Waals surface area contributed by atoms with Crippen LogP contribution in [-0.4, -0.2) is 37.0 Å². The molecule has 128 valence electrons. The molecular formula is C18H20Cl2N2OS. The van der Waals surface area contributed by atoms with Crippen molar-refractivity contribution in [1.82, 2.24) is 10.2 Å². The van der Waals surface area contributed by atoms with Gasteiger partial charge in [0.2, 0.25) is 0 Å². The highest BCUT2D eigenvalue weighted by Crippen LogP contribution is 2.30. The van der Waals surface area contributed by atoms with Gasteiger partial charge >= 0.3 is 0 Å². The molecule has 1 N–H and O–H groups in total. The van der Waals surface area contributed by atoms with Gasteiger partial charge in [-0.2, -0.15) is 0 Å². The quantitative estimate of drug-likeness (QED) is 0.814. The molecule has 1 aliphatic rings. The first kappa shape index (κ1) is 17.7. The summed E-state index contributed by atoms with van der Waals surface area (Å²) in [5.74, 6) is 0.550. The predicted octanol–water partition coefficient (Wildman–Crippen LogP) is 4.66. The van der Waals surface area contributed by atoms with Crippen molar-refractivity contribution in [2.24, 2.45) is 0 Å². The topological polar surface area (TPSA) is 32.3 Å². The Hall–Kier alpha value is -1.07. The number of nitrogens with zero attached hydrogens (tertiary/aromatic N) is 1. The van der Waals surface area contributed by atoms with Gasteiger partial charge in [0.15, 0.2) is 0 Å². The van der Waals surface area contributed by atoms with Gasteiger partial charge in [-0.15, -0.1) is 11.3 Å². The van der Waals surface area contributed by atoms with E-state index in [1.807, 2.05) is 11.3 Å². The minimum absolute atomic E-state index is 0.148. The monoisotopic (exact) mass is 382 g/mol. The maximum absolute atomic E-state index is 12.2. The molecule has 1 aromatic carbocycles. The Morgan fingerprint density at radius 3 is 2.71 bits per heavy atom. The first-order valence-corrected chi connectivity index (χ1v) is 9.76. The number of thiophene rings is 1. The van der Waals surface area contributed by atoms with Crippen LogP contribution in [0.4, 0.5) is 0 Å². The molecule has 2 aromatic rings. The van der Waals surface area contributed by atoms with Gasteiger partial charge in [0, 0.05) is 23.0 Å². The predicted molar refractivity (Wildman–Crippen MR) is 102 cm³/mol. The molecule has 1 aromatic heterocycles. The normalized spacial score (nSPS) is 16.2. The number of benzene rings is 1. The van der Waals surface area contributed by atoms with Crippen LogP contribution < -0.4 is 5.32 Å². The van der Waals surface area contributed by atoms with Crippen molar-refractivity contribution in [3.05, 3.63) is 56.2 Å². The minimum Gasteiger partial charge on any atom is -0.351 e. The molecule has 3 nitrogen and oxygen atoms in total. The average Bonchev–Trinajstić information content (AvgIpc) is 3.10. The number of amides is 1. The second-order valence-electron chi connectivity index (χ2n) is 6.01. The van der Waals surface area contributed by atoms with Crippen LogP contribution in [0.1, 0.15) is 34.0 Å². The third kappa shape index (κ3) is 4.51. The lowest BCUT2D eigenvalue weighted by Crippen LogP contribution is -2.39. The van der Waals surface area contributed by atoms with Gasteiger partial charge in [0.25, 0.3) is 5.91 Å². The number of halogens is 2. The van der Waals surface area contributed by atoms with E-state index in [1.54, 1.807) is 18.2 Å². The standard InChI is InChI=1S/C18H20Cl2N2OS/c19-14-3-4-15(16(20)12-14)18(23)21-7-10-22-8-5-13(6-9-22)17-2-1-11-24-17/h1-4,11-13H,5-10H2,(H,21,23). The lowest BCUT2D eigenvalue weighted by molar-refractivity contribution is 0.0946. The van der Waals surface area contributed by atoms with Gasteiger partial charge in [0.05, 0.1) is 10.6 Å². The van der Waals surface area contributed by atoms with E-state index < -0.39 is 0 Å². The molecule has 1 saturated heterocycles. The van der Waals surface area contributed by atoms with Gasteiger partial charge in [-0.3, -0.25) is 4.79 Å². The van der Waals surface area contributed by atoms with Gasteiger partial charge in [-0.25, -0.2) is 0 Å². The van der Waals surface area contributed by atoms with Gasteiger partial charge in [0.1, 0.15) is 0 Å². The van der Waals surface area contributed by atoms with Crippen LogP contribution in [0.3, 0.4) is 0 Å². The SMILES string of the molecule is O=C(NCCN1CCC(c2cccs2)CC1)c1ccc(Cl)cc1Cl. The highest BCUT2D eigenvalue weighted by atomic mass is 35.5. The number of piperidine rings is 1. The second kappa shape index (κ2) is 8.34. The summed E-state index contributed by atoms with van der Waals surface area (Å²) in [5.41, 5.74) is 0.470. The molecule has 1 amide bonds. The fraction of sp³-hybridized carbons (Fsp3) is 0.389. The number of carbonyl (C=O) groups is 1. The van der Waals surface area contributed by atoms with E-state index in [4.69, 9.17) is 23.2 Å². The Kier molecular flexibility index (Phi) is 6.17. The van der Waals surface area contributed by atoms with Crippen molar-refractivity contribution in [3.63, 3.8) is 0 Å². The van der Waals surface area contributed by atoms with Crippen molar-refractivity contribution in [1.29, 1.82) is 0 Å². The van der Waals surface area contributed by atoms with Crippen LogP contribution >= 0.6 is 34.5 Å². The van der Waals surface area contributed by atoms with Gasteiger partial charge in [-0.05, 0) is 61.5 Å². The highest BCUT2D eigenvalue weighted by Gasteiger charge is 2.21.